The average Bonchev–Trinajstić information content (AvgIpc) is 2.56. The van der Waals surface area contributed by atoms with Gasteiger partial charge < -0.3 is 4.90 Å². The summed E-state index contributed by atoms with van der Waals surface area (Å²) in [5.41, 5.74) is 0.0289. The molecule has 0 spiro atoms. The zero-order valence-electron chi connectivity index (χ0n) is 12.7. The van der Waals surface area contributed by atoms with Crippen LogP contribution in [0.3, 0.4) is 0 Å². The van der Waals surface area contributed by atoms with Gasteiger partial charge in [-0.3, -0.25) is 14.9 Å². The minimum Gasteiger partial charge on any atom is -0.312 e. The minimum atomic E-state index is -0.864. The Hall–Kier alpha value is -1.91. The number of nitro groups is 1. The second kappa shape index (κ2) is 6.07. The molecule has 0 aromatic heterocycles. The van der Waals surface area contributed by atoms with Crippen molar-refractivity contribution in [2.45, 2.75) is 50.5 Å². The number of anilines is 1. The predicted molar refractivity (Wildman–Crippen MR) is 84.3 cm³/mol. The summed E-state index contributed by atoms with van der Waals surface area (Å²) in [6, 6.07) is 9.58. The summed E-state index contributed by atoms with van der Waals surface area (Å²) >= 11 is 0. The van der Waals surface area contributed by atoms with E-state index in [1.807, 2.05) is 30.3 Å². The molecule has 1 saturated heterocycles. The van der Waals surface area contributed by atoms with Gasteiger partial charge in [0.25, 0.3) is 0 Å². The van der Waals surface area contributed by atoms with Crippen LogP contribution in [0.25, 0.3) is 0 Å². The summed E-state index contributed by atoms with van der Waals surface area (Å²) in [6.45, 7) is 0.586. The number of benzene rings is 1. The maximum Gasteiger partial charge on any atom is 0.227 e. The van der Waals surface area contributed by atoms with Gasteiger partial charge in [-0.25, -0.2) is 0 Å². The zero-order valence-corrected chi connectivity index (χ0v) is 12.7. The first-order valence-electron chi connectivity index (χ1n) is 8.13. The largest absolute Gasteiger partial charge is 0.312 e. The van der Waals surface area contributed by atoms with E-state index in [1.165, 1.54) is 0 Å². The van der Waals surface area contributed by atoms with E-state index in [4.69, 9.17) is 0 Å². The van der Waals surface area contributed by atoms with Gasteiger partial charge in [-0.2, -0.15) is 0 Å². The van der Waals surface area contributed by atoms with Gasteiger partial charge in [0.15, 0.2) is 0 Å². The molecule has 1 atom stereocenters. The zero-order chi connectivity index (χ0) is 15.6. The normalized spacial score (nSPS) is 25.0. The number of nitrogens with zero attached hydrogens (tertiary/aromatic N) is 2. The van der Waals surface area contributed by atoms with Gasteiger partial charge in [0.1, 0.15) is 0 Å². The van der Waals surface area contributed by atoms with Gasteiger partial charge in [-0.1, -0.05) is 24.6 Å². The molecule has 1 aromatic carbocycles. The molecule has 22 heavy (non-hydrogen) atoms. The van der Waals surface area contributed by atoms with Crippen molar-refractivity contribution in [3.05, 3.63) is 40.4 Å². The number of para-hydroxylation sites is 1. The van der Waals surface area contributed by atoms with Crippen LogP contribution in [0.2, 0.25) is 0 Å². The first-order chi connectivity index (χ1) is 10.6. The number of hydrogen-bond donors (Lipinski definition) is 0. The fourth-order valence-electron chi connectivity index (χ4n) is 4.08. The van der Waals surface area contributed by atoms with E-state index in [9.17, 15) is 14.9 Å². The van der Waals surface area contributed by atoms with Crippen molar-refractivity contribution < 1.29 is 9.72 Å². The van der Waals surface area contributed by atoms with E-state index in [0.29, 0.717) is 25.8 Å². The van der Waals surface area contributed by atoms with Crippen molar-refractivity contribution in [1.29, 1.82) is 0 Å². The Morgan fingerprint density at radius 3 is 2.41 bits per heavy atom. The molecular formula is C17H22N2O3. The quantitative estimate of drug-likeness (QED) is 0.635. The fraction of sp³-hybridized carbons (Fsp3) is 0.588. The third-order valence-corrected chi connectivity index (χ3v) is 5.33. The molecule has 1 aliphatic heterocycles. The van der Waals surface area contributed by atoms with Crippen LogP contribution in [0.1, 0.15) is 44.9 Å². The van der Waals surface area contributed by atoms with E-state index in [0.717, 1.165) is 31.4 Å². The number of piperidine rings is 1. The Morgan fingerprint density at radius 1 is 1.14 bits per heavy atom. The molecule has 5 nitrogen and oxygen atoms in total. The highest BCUT2D eigenvalue weighted by Crippen LogP contribution is 2.42. The Bertz CT molecular complexity index is 552. The molecule has 2 aliphatic rings. The summed E-state index contributed by atoms with van der Waals surface area (Å²) in [4.78, 5) is 25.9. The number of rotatable bonds is 3. The lowest BCUT2D eigenvalue weighted by atomic mass is 9.69. The van der Waals surface area contributed by atoms with Crippen molar-refractivity contribution >= 4 is 11.6 Å². The van der Waals surface area contributed by atoms with E-state index >= 15 is 0 Å². The summed E-state index contributed by atoms with van der Waals surface area (Å²) in [5, 5.41) is 11.7. The molecule has 2 fully saturated rings. The van der Waals surface area contributed by atoms with Crippen molar-refractivity contribution in [1.82, 2.24) is 0 Å². The molecule has 0 N–H and O–H groups in total. The fourth-order valence-corrected chi connectivity index (χ4v) is 4.08. The maximum absolute atomic E-state index is 12.5. The second-order valence-corrected chi connectivity index (χ2v) is 6.49. The van der Waals surface area contributed by atoms with Gasteiger partial charge in [0.2, 0.25) is 11.4 Å². The van der Waals surface area contributed by atoms with E-state index in [1.54, 1.807) is 4.90 Å². The third kappa shape index (κ3) is 2.60. The predicted octanol–water partition coefficient (Wildman–Crippen LogP) is 3.41. The number of hydrogen-bond acceptors (Lipinski definition) is 3. The standard InChI is InChI=1S/C17H22N2O3/c20-16-13-14(17(19(21)22)10-5-2-6-11-17)9-12-18(16)15-7-3-1-4-8-15/h1,3-4,7-8,14H,2,5-6,9-13H2/t14-/m1/s1. The summed E-state index contributed by atoms with van der Waals surface area (Å²) in [7, 11) is 0. The number of carbonyl (C=O) groups excluding carboxylic acids is 1. The highest BCUT2D eigenvalue weighted by molar-refractivity contribution is 5.94. The smallest absolute Gasteiger partial charge is 0.227 e. The van der Waals surface area contributed by atoms with Gasteiger partial charge in [0.05, 0.1) is 0 Å². The lowest BCUT2D eigenvalue weighted by molar-refractivity contribution is -0.586. The lowest BCUT2D eigenvalue weighted by Gasteiger charge is -2.40. The highest BCUT2D eigenvalue weighted by Gasteiger charge is 2.52. The molecule has 0 bridgehead atoms. The van der Waals surface area contributed by atoms with E-state index in [-0.39, 0.29) is 16.7 Å². The molecule has 3 rings (SSSR count). The molecule has 1 aliphatic carbocycles. The molecule has 5 heteroatoms. The van der Waals surface area contributed by atoms with Crippen LogP contribution in [0.15, 0.2) is 30.3 Å². The summed E-state index contributed by atoms with van der Waals surface area (Å²) in [5.74, 6) is -0.0930. The van der Waals surface area contributed by atoms with Crippen molar-refractivity contribution in [2.24, 2.45) is 5.92 Å². The van der Waals surface area contributed by atoms with Crippen LogP contribution in [0.4, 0.5) is 5.69 Å². The van der Waals surface area contributed by atoms with Crippen LogP contribution >= 0.6 is 0 Å². The molecule has 1 aromatic rings. The monoisotopic (exact) mass is 302 g/mol. The second-order valence-electron chi connectivity index (χ2n) is 6.49. The molecule has 0 radical (unpaired) electrons. The van der Waals surface area contributed by atoms with E-state index in [2.05, 4.69) is 0 Å². The van der Waals surface area contributed by atoms with Crippen LogP contribution < -0.4 is 4.90 Å². The SMILES string of the molecule is O=C1C[C@H](C2([N+](=O)[O-])CCCCC2)CCN1c1ccccc1. The van der Waals surface area contributed by atoms with Crippen LogP contribution in [-0.2, 0) is 4.79 Å². The first kappa shape index (κ1) is 15.0. The molecule has 0 unspecified atom stereocenters. The molecular weight excluding hydrogens is 280 g/mol. The van der Waals surface area contributed by atoms with Gasteiger partial charge in [0, 0.05) is 42.3 Å². The lowest BCUT2D eigenvalue weighted by Crippen LogP contribution is -2.52. The summed E-state index contributed by atoms with van der Waals surface area (Å²) in [6.07, 6.45) is 5.18. The Morgan fingerprint density at radius 2 is 1.82 bits per heavy atom. The van der Waals surface area contributed by atoms with Crippen molar-refractivity contribution in [3.63, 3.8) is 0 Å². The minimum absolute atomic E-state index is 0.0225. The van der Waals surface area contributed by atoms with Gasteiger partial charge >= 0.3 is 0 Å². The van der Waals surface area contributed by atoms with E-state index < -0.39 is 5.54 Å². The topological polar surface area (TPSA) is 63.4 Å². The molecule has 1 heterocycles. The third-order valence-electron chi connectivity index (χ3n) is 5.33. The molecule has 1 amide bonds. The van der Waals surface area contributed by atoms with Crippen LogP contribution in [-0.4, -0.2) is 22.9 Å². The number of carbonyl (C=O) groups is 1. The maximum atomic E-state index is 12.5. The molecule has 1 saturated carbocycles. The Kier molecular flexibility index (Phi) is 4.14. The average molecular weight is 302 g/mol. The van der Waals surface area contributed by atoms with Crippen LogP contribution in [0, 0.1) is 16.0 Å². The van der Waals surface area contributed by atoms with Gasteiger partial charge in [-0.15, -0.1) is 0 Å². The Labute approximate surface area is 130 Å². The Balaban J connectivity index is 1.76. The molecule has 118 valence electrons. The first-order valence-corrected chi connectivity index (χ1v) is 8.13. The van der Waals surface area contributed by atoms with Crippen molar-refractivity contribution in [3.8, 4) is 0 Å². The number of amides is 1. The van der Waals surface area contributed by atoms with Crippen LogP contribution in [0.5, 0.6) is 0 Å². The van der Waals surface area contributed by atoms with Gasteiger partial charge in [-0.05, 0) is 31.4 Å². The summed E-state index contributed by atoms with van der Waals surface area (Å²) < 4.78 is 0. The van der Waals surface area contributed by atoms with Crippen molar-refractivity contribution in [2.75, 3.05) is 11.4 Å². The highest BCUT2D eigenvalue weighted by atomic mass is 16.6.